The van der Waals surface area contributed by atoms with Crippen molar-refractivity contribution in [2.24, 2.45) is 0 Å². The van der Waals surface area contributed by atoms with E-state index in [4.69, 9.17) is 28.4 Å². The quantitative estimate of drug-likeness (QED) is 0.0199. The number of hydrogen-bond acceptors (Lipinski definition) is 18. The van der Waals surface area contributed by atoms with Crippen molar-refractivity contribution in [2.75, 3.05) is 26.4 Å². The van der Waals surface area contributed by atoms with E-state index in [1.54, 1.807) is 6.08 Å². The van der Waals surface area contributed by atoms with Crippen LogP contribution in [0.15, 0.2) is 36.5 Å². The van der Waals surface area contributed by atoms with E-state index < -0.39 is 124 Å². The van der Waals surface area contributed by atoms with E-state index in [0.717, 1.165) is 44.9 Å². The Bertz CT molecular complexity index is 1840. The minimum atomic E-state index is -1.98. The number of allylic oxidation sites excluding steroid dienone is 5. The van der Waals surface area contributed by atoms with E-state index in [-0.39, 0.29) is 18.9 Å². The molecule has 1 amide bonds. The van der Waals surface area contributed by atoms with Gasteiger partial charge in [-0.25, -0.2) is 0 Å². The zero-order valence-electron chi connectivity index (χ0n) is 58.7. The van der Waals surface area contributed by atoms with Crippen LogP contribution in [0.5, 0.6) is 0 Å². The van der Waals surface area contributed by atoms with Crippen LogP contribution in [0, 0.1) is 0 Å². The zero-order chi connectivity index (χ0) is 68.2. The Hall–Kier alpha value is -1.99. The topological polar surface area (TPSA) is 307 Å². The Labute approximate surface area is 568 Å². The number of unbranched alkanes of at least 4 members (excludes halogenated alkanes) is 40. The average Bonchev–Trinajstić information content (AvgIpc) is 0.787. The number of aliphatic hydroxyl groups excluding tert-OH is 11. The second-order valence-corrected chi connectivity index (χ2v) is 27.5. The van der Waals surface area contributed by atoms with Gasteiger partial charge in [-0.3, -0.25) is 4.79 Å². The summed E-state index contributed by atoms with van der Waals surface area (Å²) >= 11 is 0. The first kappa shape index (κ1) is 86.2. The van der Waals surface area contributed by atoms with E-state index >= 15 is 0 Å². The minimum absolute atomic E-state index is 0.236. The van der Waals surface area contributed by atoms with Gasteiger partial charge in [0.25, 0.3) is 0 Å². The molecule has 0 aromatic carbocycles. The number of hydrogen-bond donors (Lipinski definition) is 12. The van der Waals surface area contributed by atoms with Gasteiger partial charge in [-0.15, -0.1) is 0 Å². The Morgan fingerprint density at radius 1 is 0.372 bits per heavy atom. The molecule has 0 saturated carbocycles. The van der Waals surface area contributed by atoms with E-state index in [0.29, 0.717) is 12.8 Å². The van der Waals surface area contributed by atoms with E-state index in [2.05, 4.69) is 43.5 Å². The van der Waals surface area contributed by atoms with E-state index in [9.17, 15) is 61.0 Å². The smallest absolute Gasteiger partial charge is 0.220 e. The molecule has 3 rings (SSSR count). The van der Waals surface area contributed by atoms with Crippen molar-refractivity contribution in [3.8, 4) is 0 Å². The molecule has 552 valence electrons. The first-order valence-electron chi connectivity index (χ1n) is 38.2. The molecule has 12 N–H and O–H groups in total. The molecule has 19 heteroatoms. The highest BCUT2D eigenvalue weighted by Crippen LogP contribution is 2.33. The lowest BCUT2D eigenvalue weighted by molar-refractivity contribution is -0.379. The molecule has 0 radical (unpaired) electrons. The monoisotopic (exact) mass is 1340 g/mol. The summed E-state index contributed by atoms with van der Waals surface area (Å²) in [6.45, 7) is 1.74. The third kappa shape index (κ3) is 37.4. The van der Waals surface area contributed by atoms with Crippen LogP contribution in [-0.4, -0.2) is 193 Å². The molecule has 0 bridgehead atoms. The third-order valence-corrected chi connectivity index (χ3v) is 19.2. The van der Waals surface area contributed by atoms with Gasteiger partial charge in [-0.1, -0.05) is 288 Å². The first-order chi connectivity index (χ1) is 45.8. The number of nitrogens with one attached hydrogen (secondary N) is 1. The molecule has 17 unspecified atom stereocenters. The fraction of sp³-hybridized carbons (Fsp3) is 0.907. The number of rotatable bonds is 60. The van der Waals surface area contributed by atoms with Crippen LogP contribution in [0.3, 0.4) is 0 Å². The standard InChI is InChI=1S/C75H139NO18/c1-3-5-7-9-11-13-15-17-19-21-23-24-25-26-27-28-29-30-31-32-33-35-37-39-41-43-45-47-49-51-53-63(81)76-58(59(80)52-50-48-46-44-42-40-38-36-34-22-20-18-16-14-12-10-8-6-4-2)57-89-73-69(87)66(84)71(61(55-78)91-73)94-75-70(88)67(85)72(62(56-79)92-75)93-74-68(86)65(83)64(82)60(54-77)90-74/h34,36,42,44,50,52,58-62,64-75,77-80,82-88H,3-33,35,37-41,43,45-49,51,53-57H2,1-2H3,(H,76,81)/b36-34+,44-42+,52-50+. The highest BCUT2D eigenvalue weighted by Gasteiger charge is 2.53. The third-order valence-electron chi connectivity index (χ3n) is 19.2. The summed E-state index contributed by atoms with van der Waals surface area (Å²) in [5, 5.41) is 121. The maximum absolute atomic E-state index is 13.4. The summed E-state index contributed by atoms with van der Waals surface area (Å²) in [5.74, 6) is -0.284. The molecule has 3 aliphatic rings. The maximum atomic E-state index is 13.4. The fourth-order valence-electron chi connectivity index (χ4n) is 13.0. The first-order valence-corrected chi connectivity index (χ1v) is 38.2. The maximum Gasteiger partial charge on any atom is 0.220 e. The van der Waals surface area contributed by atoms with E-state index in [1.807, 2.05) is 6.08 Å². The Balaban J connectivity index is 1.39. The predicted octanol–water partition coefficient (Wildman–Crippen LogP) is 11.6. The van der Waals surface area contributed by atoms with Crippen LogP contribution in [0.4, 0.5) is 0 Å². The van der Waals surface area contributed by atoms with Gasteiger partial charge in [0.2, 0.25) is 5.91 Å². The minimum Gasteiger partial charge on any atom is -0.394 e. The van der Waals surface area contributed by atoms with Gasteiger partial charge < -0.3 is 89.9 Å². The summed E-state index contributed by atoms with van der Waals surface area (Å²) in [7, 11) is 0. The molecule has 19 nitrogen and oxygen atoms in total. The Morgan fingerprint density at radius 2 is 0.681 bits per heavy atom. The molecule has 3 fully saturated rings. The average molecular weight is 1340 g/mol. The van der Waals surface area contributed by atoms with Crippen LogP contribution in [0.2, 0.25) is 0 Å². The summed E-state index contributed by atoms with van der Waals surface area (Å²) in [6, 6.07) is -0.995. The van der Waals surface area contributed by atoms with Gasteiger partial charge >= 0.3 is 0 Å². The van der Waals surface area contributed by atoms with Gasteiger partial charge in [0.1, 0.15) is 73.2 Å². The van der Waals surface area contributed by atoms with Crippen molar-refractivity contribution in [1.82, 2.24) is 5.32 Å². The van der Waals surface area contributed by atoms with Crippen LogP contribution in [-0.2, 0) is 33.2 Å². The fourth-order valence-corrected chi connectivity index (χ4v) is 13.0. The molecule has 0 aromatic heterocycles. The SMILES string of the molecule is CCCCCCCCCCC/C=C/CC/C=C/CC/C=C/C(O)C(COC1OC(CO)C(OC2OC(CO)C(OC3OC(CO)C(O)C(O)C3O)C(O)C2O)C(O)C1O)NC(=O)CCCCCCCCCCCCCCCCCCCCCCCCCCCCCCCC. The molecule has 94 heavy (non-hydrogen) atoms. The van der Waals surface area contributed by atoms with Crippen LogP contribution >= 0.6 is 0 Å². The lowest BCUT2D eigenvalue weighted by Gasteiger charge is -2.48. The summed E-state index contributed by atoms with van der Waals surface area (Å²) in [5.41, 5.74) is 0. The van der Waals surface area contributed by atoms with Crippen LogP contribution in [0.1, 0.15) is 303 Å². The molecule has 0 spiro atoms. The number of carbonyl (C=O) groups is 1. The number of carbonyl (C=O) groups excluding carboxylic acids is 1. The van der Waals surface area contributed by atoms with Gasteiger partial charge in [0.15, 0.2) is 18.9 Å². The zero-order valence-corrected chi connectivity index (χ0v) is 58.7. The van der Waals surface area contributed by atoms with Crippen molar-refractivity contribution in [3.63, 3.8) is 0 Å². The molecule has 3 heterocycles. The summed E-state index contributed by atoms with van der Waals surface area (Å²) < 4.78 is 34.4. The van der Waals surface area contributed by atoms with Crippen molar-refractivity contribution in [3.05, 3.63) is 36.5 Å². The van der Waals surface area contributed by atoms with Crippen LogP contribution < -0.4 is 5.32 Å². The molecular formula is C75H139NO18. The lowest BCUT2D eigenvalue weighted by Crippen LogP contribution is -2.66. The highest BCUT2D eigenvalue weighted by atomic mass is 16.8. The van der Waals surface area contributed by atoms with Gasteiger partial charge in [0.05, 0.1) is 38.6 Å². The number of ether oxygens (including phenoxy) is 6. The Kier molecular flexibility index (Phi) is 52.0. The van der Waals surface area contributed by atoms with Crippen molar-refractivity contribution < 1.29 is 89.4 Å². The number of amides is 1. The summed E-state index contributed by atoms with van der Waals surface area (Å²) in [4.78, 5) is 13.4. The Morgan fingerprint density at radius 3 is 1.06 bits per heavy atom. The molecule has 0 aliphatic carbocycles. The lowest BCUT2D eigenvalue weighted by atomic mass is 9.96. The molecular weight excluding hydrogens is 1200 g/mol. The van der Waals surface area contributed by atoms with E-state index in [1.165, 1.54) is 225 Å². The second kappa shape index (κ2) is 56.7. The van der Waals surface area contributed by atoms with Crippen molar-refractivity contribution in [1.29, 1.82) is 0 Å². The van der Waals surface area contributed by atoms with Crippen LogP contribution in [0.25, 0.3) is 0 Å². The van der Waals surface area contributed by atoms with Gasteiger partial charge in [0, 0.05) is 6.42 Å². The van der Waals surface area contributed by atoms with Crippen molar-refractivity contribution in [2.45, 2.75) is 407 Å². The molecule has 3 saturated heterocycles. The number of aliphatic hydroxyl groups is 11. The molecule has 17 atom stereocenters. The summed E-state index contributed by atoms with van der Waals surface area (Å²) in [6.07, 6.45) is 41.4. The van der Waals surface area contributed by atoms with Gasteiger partial charge in [-0.2, -0.15) is 0 Å². The highest BCUT2D eigenvalue weighted by molar-refractivity contribution is 5.76. The molecule has 3 aliphatic heterocycles. The predicted molar refractivity (Wildman–Crippen MR) is 369 cm³/mol. The van der Waals surface area contributed by atoms with Crippen molar-refractivity contribution >= 4 is 5.91 Å². The molecule has 0 aromatic rings. The normalized spacial score (nSPS) is 27.5. The second-order valence-electron chi connectivity index (χ2n) is 27.5. The largest absolute Gasteiger partial charge is 0.394 e. The van der Waals surface area contributed by atoms with Gasteiger partial charge in [-0.05, 0) is 44.9 Å².